The Labute approximate surface area is 165 Å². The quantitative estimate of drug-likeness (QED) is 0.725. The lowest BCUT2D eigenvalue weighted by molar-refractivity contribution is -0.122. The molecule has 0 aromatic heterocycles. The van der Waals surface area contributed by atoms with Gasteiger partial charge in [0.1, 0.15) is 11.8 Å². The molecular formula is C19H23ClN2O4S. The summed E-state index contributed by atoms with van der Waals surface area (Å²) in [5.74, 6) is 0.271. The lowest BCUT2D eigenvalue weighted by Crippen LogP contribution is -2.47. The molecule has 6 nitrogen and oxygen atoms in total. The van der Waals surface area contributed by atoms with Crippen molar-refractivity contribution in [2.75, 3.05) is 17.2 Å². The van der Waals surface area contributed by atoms with Gasteiger partial charge in [-0.05, 0) is 44.2 Å². The van der Waals surface area contributed by atoms with Crippen molar-refractivity contribution < 1.29 is 17.9 Å². The molecule has 1 atom stereocenters. The molecule has 2 aromatic rings. The Hall–Kier alpha value is -2.25. The van der Waals surface area contributed by atoms with E-state index in [1.165, 1.54) is 0 Å². The van der Waals surface area contributed by atoms with Gasteiger partial charge in [-0.25, -0.2) is 8.42 Å². The second-order valence-electron chi connectivity index (χ2n) is 5.97. The SMILES string of the molecule is CCOc1ccccc1CNC(=O)[C@@H](C)N(c1ccc(Cl)cc1)S(C)(=O)=O. The third-order valence-electron chi connectivity index (χ3n) is 3.90. The predicted molar refractivity (Wildman–Crippen MR) is 108 cm³/mol. The van der Waals surface area contributed by atoms with Crippen LogP contribution in [0.3, 0.4) is 0 Å². The number of carbonyl (C=O) groups excluding carboxylic acids is 1. The van der Waals surface area contributed by atoms with Crippen LogP contribution in [0.15, 0.2) is 48.5 Å². The van der Waals surface area contributed by atoms with E-state index in [9.17, 15) is 13.2 Å². The lowest BCUT2D eigenvalue weighted by atomic mass is 10.2. The minimum absolute atomic E-state index is 0.234. The number of rotatable bonds is 8. The third kappa shape index (κ3) is 5.61. The first kappa shape index (κ1) is 21.1. The van der Waals surface area contributed by atoms with Crippen LogP contribution in [0.25, 0.3) is 0 Å². The highest BCUT2D eigenvalue weighted by Gasteiger charge is 2.29. The van der Waals surface area contributed by atoms with Crippen molar-refractivity contribution >= 4 is 33.2 Å². The van der Waals surface area contributed by atoms with Gasteiger partial charge in [0.25, 0.3) is 0 Å². The zero-order chi connectivity index (χ0) is 20.0. The number of hydrogen-bond acceptors (Lipinski definition) is 4. The molecule has 0 aliphatic carbocycles. The Morgan fingerprint density at radius 1 is 1.19 bits per heavy atom. The highest BCUT2D eigenvalue weighted by Crippen LogP contribution is 2.23. The van der Waals surface area contributed by atoms with Crippen molar-refractivity contribution in [3.8, 4) is 5.75 Å². The van der Waals surface area contributed by atoms with Crippen LogP contribution in [0, 0.1) is 0 Å². The van der Waals surface area contributed by atoms with Crippen LogP contribution in [0.2, 0.25) is 5.02 Å². The number of hydrogen-bond donors (Lipinski definition) is 1. The van der Waals surface area contributed by atoms with Crippen LogP contribution in [0.4, 0.5) is 5.69 Å². The monoisotopic (exact) mass is 410 g/mol. The lowest BCUT2D eigenvalue weighted by Gasteiger charge is -2.28. The molecule has 8 heteroatoms. The maximum Gasteiger partial charge on any atom is 0.243 e. The maximum atomic E-state index is 12.6. The van der Waals surface area contributed by atoms with Gasteiger partial charge in [-0.15, -0.1) is 0 Å². The molecule has 0 heterocycles. The third-order valence-corrected chi connectivity index (χ3v) is 5.39. The summed E-state index contributed by atoms with van der Waals surface area (Å²) >= 11 is 5.87. The number of benzene rings is 2. The summed E-state index contributed by atoms with van der Waals surface area (Å²) < 4.78 is 31.2. The zero-order valence-corrected chi connectivity index (χ0v) is 17.0. The van der Waals surface area contributed by atoms with Crippen molar-refractivity contribution in [3.63, 3.8) is 0 Å². The van der Waals surface area contributed by atoms with E-state index in [2.05, 4.69) is 5.32 Å². The minimum Gasteiger partial charge on any atom is -0.494 e. The Morgan fingerprint density at radius 3 is 2.41 bits per heavy atom. The van der Waals surface area contributed by atoms with Gasteiger partial charge in [-0.1, -0.05) is 29.8 Å². The molecule has 0 aliphatic heterocycles. The summed E-state index contributed by atoms with van der Waals surface area (Å²) in [6, 6.07) is 12.7. The van der Waals surface area contributed by atoms with Crippen molar-refractivity contribution in [2.45, 2.75) is 26.4 Å². The molecule has 0 fully saturated rings. The minimum atomic E-state index is -3.67. The van der Waals surface area contributed by atoms with Crippen molar-refractivity contribution in [1.29, 1.82) is 0 Å². The number of nitrogens with zero attached hydrogens (tertiary/aromatic N) is 1. The summed E-state index contributed by atoms with van der Waals surface area (Å²) in [7, 11) is -3.67. The molecule has 0 saturated heterocycles. The molecule has 0 aliphatic rings. The molecule has 1 N–H and O–H groups in total. The highest BCUT2D eigenvalue weighted by molar-refractivity contribution is 7.92. The van der Waals surface area contributed by atoms with Crippen LogP contribution >= 0.6 is 11.6 Å². The molecular weight excluding hydrogens is 388 g/mol. The van der Waals surface area contributed by atoms with Gasteiger partial charge in [0, 0.05) is 17.1 Å². The van der Waals surface area contributed by atoms with Crippen molar-refractivity contribution in [2.24, 2.45) is 0 Å². The predicted octanol–water partition coefficient (Wildman–Crippen LogP) is 3.21. The van der Waals surface area contributed by atoms with Crippen LogP contribution in [-0.4, -0.2) is 33.2 Å². The number of ether oxygens (including phenoxy) is 1. The van der Waals surface area contributed by atoms with Gasteiger partial charge < -0.3 is 10.1 Å². The fourth-order valence-corrected chi connectivity index (χ4v) is 3.97. The largest absolute Gasteiger partial charge is 0.494 e. The summed E-state index contributed by atoms with van der Waals surface area (Å²) in [4.78, 5) is 12.6. The molecule has 2 rings (SSSR count). The van der Waals surface area contributed by atoms with Gasteiger partial charge in [0.15, 0.2) is 0 Å². The van der Waals surface area contributed by atoms with E-state index >= 15 is 0 Å². The summed E-state index contributed by atoms with van der Waals surface area (Å²) in [6.07, 6.45) is 1.07. The standard InChI is InChI=1S/C19H23ClN2O4S/c1-4-26-18-8-6-5-7-15(18)13-21-19(23)14(2)22(27(3,24)25)17-11-9-16(20)10-12-17/h5-12,14H,4,13H2,1-3H3,(H,21,23)/t14-/m1/s1. The first-order chi connectivity index (χ1) is 12.7. The zero-order valence-electron chi connectivity index (χ0n) is 15.5. The molecule has 2 aromatic carbocycles. The van der Waals surface area contributed by atoms with Crippen LogP contribution in [-0.2, 0) is 21.4 Å². The number of anilines is 1. The van der Waals surface area contributed by atoms with Gasteiger partial charge >= 0.3 is 0 Å². The number of sulfonamides is 1. The second kappa shape index (κ2) is 9.10. The average Bonchev–Trinajstić information content (AvgIpc) is 2.61. The number of para-hydroxylation sites is 1. The van der Waals surface area contributed by atoms with Crippen LogP contribution in [0.5, 0.6) is 5.75 Å². The Bertz CT molecular complexity index is 885. The smallest absolute Gasteiger partial charge is 0.243 e. The van der Waals surface area contributed by atoms with E-state index < -0.39 is 22.0 Å². The topological polar surface area (TPSA) is 75.7 Å². The Balaban J connectivity index is 2.17. The summed E-state index contributed by atoms with van der Waals surface area (Å²) in [6.45, 7) is 4.17. The molecule has 27 heavy (non-hydrogen) atoms. The number of amides is 1. The number of carbonyl (C=O) groups is 1. The van der Waals surface area contributed by atoms with E-state index in [0.29, 0.717) is 23.1 Å². The Kier molecular flexibility index (Phi) is 7.10. The van der Waals surface area contributed by atoms with E-state index in [1.807, 2.05) is 31.2 Å². The molecule has 0 unspecified atom stereocenters. The normalized spacial score (nSPS) is 12.3. The number of nitrogens with one attached hydrogen (secondary N) is 1. The second-order valence-corrected chi connectivity index (χ2v) is 8.27. The number of halogens is 1. The van der Waals surface area contributed by atoms with E-state index in [4.69, 9.17) is 16.3 Å². The molecule has 0 radical (unpaired) electrons. The maximum absolute atomic E-state index is 12.6. The Morgan fingerprint density at radius 2 is 1.81 bits per heavy atom. The van der Waals surface area contributed by atoms with Crippen molar-refractivity contribution in [1.82, 2.24) is 5.32 Å². The average molecular weight is 411 g/mol. The molecule has 0 saturated carbocycles. The van der Waals surface area contributed by atoms with Gasteiger partial charge in [-0.3, -0.25) is 9.10 Å². The van der Waals surface area contributed by atoms with E-state index in [0.717, 1.165) is 16.1 Å². The fraction of sp³-hybridized carbons (Fsp3) is 0.316. The van der Waals surface area contributed by atoms with Crippen LogP contribution < -0.4 is 14.4 Å². The van der Waals surface area contributed by atoms with Gasteiger partial charge in [0.05, 0.1) is 18.6 Å². The van der Waals surface area contributed by atoms with E-state index in [1.54, 1.807) is 31.2 Å². The van der Waals surface area contributed by atoms with Gasteiger partial charge in [0.2, 0.25) is 15.9 Å². The molecule has 0 bridgehead atoms. The summed E-state index contributed by atoms with van der Waals surface area (Å²) in [5.41, 5.74) is 1.19. The first-order valence-corrected chi connectivity index (χ1v) is 10.7. The van der Waals surface area contributed by atoms with Gasteiger partial charge in [-0.2, -0.15) is 0 Å². The first-order valence-electron chi connectivity index (χ1n) is 8.47. The van der Waals surface area contributed by atoms with Crippen LogP contribution in [0.1, 0.15) is 19.4 Å². The highest BCUT2D eigenvalue weighted by atomic mass is 35.5. The molecule has 1 amide bonds. The molecule has 0 spiro atoms. The van der Waals surface area contributed by atoms with E-state index in [-0.39, 0.29) is 6.54 Å². The fourth-order valence-electron chi connectivity index (χ4n) is 2.67. The van der Waals surface area contributed by atoms with Crippen molar-refractivity contribution in [3.05, 3.63) is 59.1 Å². The molecule has 146 valence electrons. The summed E-state index contributed by atoms with van der Waals surface area (Å²) in [5, 5.41) is 3.26.